The topological polar surface area (TPSA) is 15.3 Å². The molecule has 1 saturated heterocycles. The van der Waals surface area contributed by atoms with Gasteiger partial charge in [0.25, 0.3) is 0 Å². The highest BCUT2D eigenvalue weighted by atomic mass is 35.5. The van der Waals surface area contributed by atoms with Gasteiger partial charge in [0.05, 0.1) is 0 Å². The fourth-order valence-electron chi connectivity index (χ4n) is 2.56. The fraction of sp³-hybridized carbons (Fsp3) is 0.235. The first-order valence-electron chi connectivity index (χ1n) is 7.15. The summed E-state index contributed by atoms with van der Waals surface area (Å²) >= 11 is 13.6. The lowest BCUT2D eigenvalue weighted by atomic mass is 10.1. The Morgan fingerprint density at radius 1 is 1.27 bits per heavy atom. The first kappa shape index (κ1) is 15.7. The number of nitrogens with one attached hydrogen (secondary N) is 1. The maximum Gasteiger partial charge on any atom is 0.174 e. The van der Waals surface area contributed by atoms with Crippen molar-refractivity contribution in [2.24, 2.45) is 0 Å². The lowest BCUT2D eigenvalue weighted by Crippen LogP contribution is -2.34. The molecule has 1 unspecified atom stereocenters. The second-order valence-corrected chi connectivity index (χ2v) is 7.22. The Hall–Kier alpha value is -1.23. The molecule has 114 valence electrons. The van der Waals surface area contributed by atoms with Crippen LogP contribution in [0.4, 0.5) is 5.69 Å². The maximum atomic E-state index is 6.03. The van der Waals surface area contributed by atoms with Crippen molar-refractivity contribution in [3.63, 3.8) is 0 Å². The van der Waals surface area contributed by atoms with Crippen LogP contribution in [0.3, 0.4) is 0 Å². The van der Waals surface area contributed by atoms with Crippen molar-refractivity contribution in [2.45, 2.75) is 12.3 Å². The number of aryl methyl sites for hydroxylation is 1. The third-order valence-corrected chi connectivity index (χ3v) is 5.50. The largest absolute Gasteiger partial charge is 0.333 e. The number of anilines is 1. The molecule has 0 bridgehead atoms. The van der Waals surface area contributed by atoms with Gasteiger partial charge < -0.3 is 10.2 Å². The lowest BCUT2D eigenvalue weighted by molar-refractivity contribution is 0.456. The normalized spacial score (nSPS) is 17.5. The molecule has 0 radical (unpaired) electrons. The quantitative estimate of drug-likeness (QED) is 0.760. The van der Waals surface area contributed by atoms with Crippen LogP contribution in [0.2, 0.25) is 5.02 Å². The number of thiocarbonyl (C=S) groups is 1. The molecule has 1 fully saturated rings. The molecule has 0 spiro atoms. The predicted molar refractivity (Wildman–Crippen MR) is 101 cm³/mol. The highest BCUT2D eigenvalue weighted by Gasteiger charge is 2.29. The molecule has 1 aliphatic rings. The Kier molecular flexibility index (Phi) is 4.91. The summed E-state index contributed by atoms with van der Waals surface area (Å²) in [6, 6.07) is 16.2. The zero-order valence-corrected chi connectivity index (χ0v) is 14.6. The highest BCUT2D eigenvalue weighted by molar-refractivity contribution is 7.99. The van der Waals surface area contributed by atoms with E-state index in [1.807, 2.05) is 36.0 Å². The van der Waals surface area contributed by atoms with Crippen LogP contribution in [0.15, 0.2) is 48.5 Å². The molecule has 2 aromatic rings. The molecule has 3 rings (SSSR count). The number of halogens is 1. The van der Waals surface area contributed by atoms with Crippen LogP contribution in [0.1, 0.15) is 16.5 Å². The number of nitrogens with zero attached hydrogens (tertiary/aromatic N) is 1. The fourth-order valence-corrected chi connectivity index (χ4v) is 4.49. The number of hydrogen-bond acceptors (Lipinski definition) is 2. The summed E-state index contributed by atoms with van der Waals surface area (Å²) in [5, 5.41) is 5.04. The summed E-state index contributed by atoms with van der Waals surface area (Å²) in [6.45, 7) is 3.11. The third kappa shape index (κ3) is 3.40. The van der Waals surface area contributed by atoms with E-state index in [1.54, 1.807) is 0 Å². The standard InChI is InChI=1S/C17H17ClN2S2/c1-12-5-2-3-8-15(12)16-20(9-10-22-16)17(21)19-14-7-4-6-13(18)11-14/h2-8,11,16H,9-10H2,1H3,(H,19,21). The highest BCUT2D eigenvalue weighted by Crippen LogP contribution is 2.39. The van der Waals surface area contributed by atoms with Gasteiger partial charge in [0.15, 0.2) is 5.11 Å². The van der Waals surface area contributed by atoms with Crippen molar-refractivity contribution >= 4 is 46.4 Å². The van der Waals surface area contributed by atoms with E-state index in [9.17, 15) is 0 Å². The van der Waals surface area contributed by atoms with Gasteiger partial charge in [-0.05, 0) is 48.5 Å². The molecular formula is C17H17ClN2S2. The van der Waals surface area contributed by atoms with Gasteiger partial charge in [0.1, 0.15) is 5.37 Å². The molecule has 0 aliphatic carbocycles. The second kappa shape index (κ2) is 6.90. The minimum absolute atomic E-state index is 0.278. The Labute approximate surface area is 145 Å². The number of hydrogen-bond donors (Lipinski definition) is 1. The zero-order valence-electron chi connectivity index (χ0n) is 12.3. The van der Waals surface area contributed by atoms with E-state index in [0.29, 0.717) is 5.02 Å². The van der Waals surface area contributed by atoms with Gasteiger partial charge in [-0.15, -0.1) is 11.8 Å². The summed E-state index contributed by atoms with van der Waals surface area (Å²) in [7, 11) is 0. The second-order valence-electron chi connectivity index (χ2n) is 5.21. The Balaban J connectivity index is 1.78. The van der Waals surface area contributed by atoms with E-state index >= 15 is 0 Å². The zero-order chi connectivity index (χ0) is 15.5. The molecule has 1 heterocycles. The first-order chi connectivity index (χ1) is 10.6. The van der Waals surface area contributed by atoms with E-state index in [-0.39, 0.29) is 5.37 Å². The van der Waals surface area contributed by atoms with E-state index < -0.39 is 0 Å². The van der Waals surface area contributed by atoms with E-state index in [0.717, 1.165) is 23.1 Å². The van der Waals surface area contributed by atoms with Crippen molar-refractivity contribution in [3.8, 4) is 0 Å². The van der Waals surface area contributed by atoms with Crippen LogP contribution in [-0.2, 0) is 0 Å². The van der Waals surface area contributed by atoms with Gasteiger partial charge in [-0.1, -0.05) is 41.9 Å². The van der Waals surface area contributed by atoms with E-state index in [4.69, 9.17) is 23.8 Å². The lowest BCUT2D eigenvalue weighted by Gasteiger charge is -2.28. The third-order valence-electron chi connectivity index (χ3n) is 3.68. The van der Waals surface area contributed by atoms with Gasteiger partial charge >= 0.3 is 0 Å². The summed E-state index contributed by atoms with van der Waals surface area (Å²) in [6.07, 6.45) is 0. The van der Waals surface area contributed by atoms with Crippen LogP contribution in [0.5, 0.6) is 0 Å². The average Bonchev–Trinajstić information content (AvgIpc) is 2.97. The summed E-state index contributed by atoms with van der Waals surface area (Å²) in [5.74, 6) is 1.08. The Morgan fingerprint density at radius 3 is 2.86 bits per heavy atom. The molecule has 22 heavy (non-hydrogen) atoms. The van der Waals surface area contributed by atoms with Crippen LogP contribution < -0.4 is 5.32 Å². The van der Waals surface area contributed by atoms with Gasteiger partial charge in [-0.25, -0.2) is 0 Å². The molecule has 5 heteroatoms. The number of benzene rings is 2. The van der Waals surface area contributed by atoms with Crippen LogP contribution in [-0.4, -0.2) is 22.3 Å². The monoisotopic (exact) mass is 348 g/mol. The molecule has 1 atom stereocenters. The van der Waals surface area contributed by atoms with Crippen molar-refractivity contribution in [2.75, 3.05) is 17.6 Å². The molecule has 1 N–H and O–H groups in total. The molecule has 0 aromatic heterocycles. The van der Waals surface area contributed by atoms with Crippen molar-refractivity contribution in [3.05, 3.63) is 64.7 Å². The number of thioether (sulfide) groups is 1. The van der Waals surface area contributed by atoms with Crippen LogP contribution in [0.25, 0.3) is 0 Å². The minimum atomic E-state index is 0.278. The summed E-state index contributed by atoms with van der Waals surface area (Å²) in [4.78, 5) is 2.25. The molecule has 2 nitrogen and oxygen atoms in total. The van der Waals surface area contributed by atoms with Crippen LogP contribution in [0, 0.1) is 6.92 Å². The van der Waals surface area contributed by atoms with Gasteiger partial charge in [0, 0.05) is 23.0 Å². The predicted octanol–water partition coefficient (Wildman–Crippen LogP) is 5.09. The molecule has 2 aromatic carbocycles. The molecular weight excluding hydrogens is 332 g/mol. The van der Waals surface area contributed by atoms with Crippen molar-refractivity contribution in [1.82, 2.24) is 4.90 Å². The summed E-state index contributed by atoms with van der Waals surface area (Å²) < 4.78 is 0. The van der Waals surface area contributed by atoms with Gasteiger partial charge in [-0.2, -0.15) is 0 Å². The van der Waals surface area contributed by atoms with E-state index in [2.05, 4.69) is 41.4 Å². The first-order valence-corrected chi connectivity index (χ1v) is 8.99. The molecule has 1 aliphatic heterocycles. The maximum absolute atomic E-state index is 6.03. The molecule has 0 amide bonds. The average molecular weight is 349 g/mol. The van der Waals surface area contributed by atoms with Gasteiger partial charge in [0.2, 0.25) is 0 Å². The smallest absolute Gasteiger partial charge is 0.174 e. The Morgan fingerprint density at radius 2 is 2.09 bits per heavy atom. The van der Waals surface area contributed by atoms with Crippen LogP contribution >= 0.6 is 35.6 Å². The SMILES string of the molecule is Cc1ccccc1C1SCCN1C(=S)Nc1cccc(Cl)c1. The summed E-state index contributed by atoms with van der Waals surface area (Å²) in [5.41, 5.74) is 3.57. The Bertz CT molecular complexity index is 690. The minimum Gasteiger partial charge on any atom is -0.333 e. The van der Waals surface area contributed by atoms with Gasteiger partial charge in [-0.3, -0.25) is 0 Å². The number of rotatable bonds is 2. The molecule has 0 saturated carbocycles. The van der Waals surface area contributed by atoms with Crippen molar-refractivity contribution < 1.29 is 0 Å². The van der Waals surface area contributed by atoms with Crippen molar-refractivity contribution in [1.29, 1.82) is 0 Å². The van der Waals surface area contributed by atoms with E-state index in [1.165, 1.54) is 11.1 Å².